The number of aryl methyl sites for hydroxylation is 2. The summed E-state index contributed by atoms with van der Waals surface area (Å²) in [7, 11) is 0. The molecule has 17 heavy (non-hydrogen) atoms. The molecule has 0 bridgehead atoms. The highest BCUT2D eigenvalue weighted by Gasteiger charge is 2.01. The molecule has 0 radical (unpaired) electrons. The molecule has 0 aromatic heterocycles. The van der Waals surface area contributed by atoms with E-state index in [9.17, 15) is 0 Å². The van der Waals surface area contributed by atoms with E-state index in [1.54, 1.807) is 0 Å². The molecule has 0 saturated heterocycles. The van der Waals surface area contributed by atoms with Gasteiger partial charge in [-0.2, -0.15) is 0 Å². The molecular formula is C15H15NS. The smallest absolute Gasteiger partial charge is 0.0462 e. The van der Waals surface area contributed by atoms with E-state index < -0.39 is 0 Å². The third-order valence-corrected chi connectivity index (χ3v) is 3.76. The SMILES string of the molecule is C#N.Cc1ccccc1Sc1ccccc1C. The van der Waals surface area contributed by atoms with E-state index in [-0.39, 0.29) is 0 Å². The van der Waals surface area contributed by atoms with Crippen molar-refractivity contribution in [2.24, 2.45) is 0 Å². The molecule has 0 spiro atoms. The molecule has 1 nitrogen and oxygen atoms in total. The summed E-state index contributed by atoms with van der Waals surface area (Å²) in [5.41, 5.74) is 2.68. The van der Waals surface area contributed by atoms with Gasteiger partial charge in [0, 0.05) is 16.4 Å². The van der Waals surface area contributed by atoms with Gasteiger partial charge in [-0.3, -0.25) is 0 Å². The minimum atomic E-state index is 1.34. The van der Waals surface area contributed by atoms with E-state index in [1.807, 2.05) is 11.8 Å². The summed E-state index contributed by atoms with van der Waals surface area (Å²) >= 11 is 1.84. The van der Waals surface area contributed by atoms with E-state index in [4.69, 9.17) is 5.26 Å². The molecule has 0 saturated carbocycles. The molecule has 0 amide bonds. The number of hydrogen-bond donors (Lipinski definition) is 0. The maximum Gasteiger partial charge on any atom is 0.0462 e. The van der Waals surface area contributed by atoms with Crippen LogP contribution in [0.3, 0.4) is 0 Å². The van der Waals surface area contributed by atoms with Crippen molar-refractivity contribution in [3.8, 4) is 6.57 Å². The van der Waals surface area contributed by atoms with Gasteiger partial charge in [0.25, 0.3) is 0 Å². The molecular weight excluding hydrogens is 226 g/mol. The standard InChI is InChI=1S/C14H14S.CHN/c1-11-7-3-5-9-13(11)15-14-10-6-4-8-12(14)2;1-2/h3-10H,1-2H3;1H. The summed E-state index contributed by atoms with van der Waals surface area (Å²) < 4.78 is 0. The minimum Gasteiger partial charge on any atom is -0.202 e. The first-order valence-electron chi connectivity index (χ1n) is 5.32. The highest BCUT2D eigenvalue weighted by molar-refractivity contribution is 7.99. The van der Waals surface area contributed by atoms with Gasteiger partial charge in [0.1, 0.15) is 0 Å². The highest BCUT2D eigenvalue weighted by atomic mass is 32.2. The Balaban J connectivity index is 0.000000686. The van der Waals surface area contributed by atoms with Gasteiger partial charge in [-0.15, -0.1) is 0 Å². The van der Waals surface area contributed by atoms with Crippen molar-refractivity contribution in [1.29, 1.82) is 5.26 Å². The van der Waals surface area contributed by atoms with Crippen LogP contribution in [-0.4, -0.2) is 0 Å². The summed E-state index contributed by atoms with van der Waals surface area (Å²) in [4.78, 5) is 2.68. The van der Waals surface area contributed by atoms with Crippen LogP contribution in [0.2, 0.25) is 0 Å². The summed E-state index contributed by atoms with van der Waals surface area (Å²) in [5.74, 6) is 0. The van der Waals surface area contributed by atoms with E-state index in [1.165, 1.54) is 20.9 Å². The van der Waals surface area contributed by atoms with Gasteiger partial charge in [-0.25, -0.2) is 5.26 Å². The lowest BCUT2D eigenvalue weighted by atomic mass is 10.2. The largest absolute Gasteiger partial charge is 0.202 e. The maximum atomic E-state index is 6.50. The Morgan fingerprint density at radius 3 is 1.47 bits per heavy atom. The normalized spacial score (nSPS) is 9.18. The Labute approximate surface area is 107 Å². The zero-order valence-electron chi connectivity index (χ0n) is 10.1. The summed E-state index contributed by atoms with van der Waals surface area (Å²) in [6.07, 6.45) is 0. The summed E-state index contributed by atoms with van der Waals surface area (Å²) in [6, 6.07) is 17.0. The average Bonchev–Trinajstić information content (AvgIpc) is 2.37. The van der Waals surface area contributed by atoms with Gasteiger partial charge in [-0.05, 0) is 37.1 Å². The predicted molar refractivity (Wildman–Crippen MR) is 73.2 cm³/mol. The van der Waals surface area contributed by atoms with Crippen LogP contribution in [0.1, 0.15) is 11.1 Å². The van der Waals surface area contributed by atoms with Gasteiger partial charge in [0.05, 0.1) is 0 Å². The lowest BCUT2D eigenvalue weighted by Gasteiger charge is -2.07. The predicted octanol–water partition coefficient (Wildman–Crippen LogP) is 4.59. The third-order valence-electron chi connectivity index (χ3n) is 2.41. The van der Waals surface area contributed by atoms with Crippen LogP contribution in [0.4, 0.5) is 0 Å². The van der Waals surface area contributed by atoms with Crippen molar-refractivity contribution in [3.63, 3.8) is 0 Å². The van der Waals surface area contributed by atoms with Gasteiger partial charge in [0.15, 0.2) is 0 Å². The van der Waals surface area contributed by atoms with Crippen LogP contribution in [0.15, 0.2) is 58.3 Å². The zero-order valence-corrected chi connectivity index (χ0v) is 10.9. The lowest BCUT2D eigenvalue weighted by Crippen LogP contribution is -1.81. The monoisotopic (exact) mass is 241 g/mol. The van der Waals surface area contributed by atoms with Crippen LogP contribution in [0.5, 0.6) is 0 Å². The van der Waals surface area contributed by atoms with Crippen molar-refractivity contribution in [3.05, 3.63) is 59.7 Å². The van der Waals surface area contributed by atoms with E-state index in [2.05, 4.69) is 69.0 Å². The van der Waals surface area contributed by atoms with Crippen molar-refractivity contribution in [1.82, 2.24) is 0 Å². The molecule has 2 heteroatoms. The zero-order chi connectivity index (χ0) is 12.7. The Morgan fingerprint density at radius 1 is 0.765 bits per heavy atom. The van der Waals surface area contributed by atoms with Crippen molar-refractivity contribution in [2.75, 3.05) is 0 Å². The topological polar surface area (TPSA) is 23.8 Å². The number of benzene rings is 2. The summed E-state index contributed by atoms with van der Waals surface area (Å²) in [5, 5.41) is 6.50. The molecule has 0 unspecified atom stereocenters. The van der Waals surface area contributed by atoms with E-state index in [0.29, 0.717) is 0 Å². The second kappa shape index (κ2) is 6.78. The highest BCUT2D eigenvalue weighted by Crippen LogP contribution is 2.31. The Hall–Kier alpha value is -1.72. The summed E-state index contributed by atoms with van der Waals surface area (Å²) in [6.45, 7) is 7.81. The second-order valence-electron chi connectivity index (χ2n) is 3.63. The van der Waals surface area contributed by atoms with Gasteiger partial charge in [0.2, 0.25) is 0 Å². The molecule has 2 rings (SSSR count). The van der Waals surface area contributed by atoms with Crippen molar-refractivity contribution in [2.45, 2.75) is 23.6 Å². The van der Waals surface area contributed by atoms with Crippen LogP contribution in [0, 0.1) is 25.7 Å². The number of rotatable bonds is 2. The molecule has 0 aliphatic heterocycles. The van der Waals surface area contributed by atoms with Crippen LogP contribution >= 0.6 is 11.8 Å². The molecule has 2 aromatic rings. The molecule has 0 aliphatic rings. The van der Waals surface area contributed by atoms with Crippen molar-refractivity contribution >= 4 is 11.8 Å². The molecule has 0 heterocycles. The number of nitriles is 1. The van der Waals surface area contributed by atoms with Crippen LogP contribution < -0.4 is 0 Å². The van der Waals surface area contributed by atoms with Crippen molar-refractivity contribution < 1.29 is 0 Å². The number of nitrogens with zero attached hydrogens (tertiary/aromatic N) is 1. The second-order valence-corrected chi connectivity index (χ2v) is 4.72. The Morgan fingerprint density at radius 2 is 1.12 bits per heavy atom. The average molecular weight is 241 g/mol. The fourth-order valence-electron chi connectivity index (χ4n) is 1.46. The van der Waals surface area contributed by atoms with Gasteiger partial charge >= 0.3 is 0 Å². The molecule has 86 valence electrons. The maximum absolute atomic E-state index is 6.50. The molecule has 0 N–H and O–H groups in total. The van der Waals surface area contributed by atoms with E-state index >= 15 is 0 Å². The van der Waals surface area contributed by atoms with E-state index in [0.717, 1.165) is 0 Å². The molecule has 2 aromatic carbocycles. The first-order chi connectivity index (χ1) is 8.27. The first kappa shape index (κ1) is 13.3. The fraction of sp³-hybridized carbons (Fsp3) is 0.133. The quantitative estimate of drug-likeness (QED) is 0.767. The Bertz CT molecular complexity index is 460. The third kappa shape index (κ3) is 3.65. The van der Waals surface area contributed by atoms with Gasteiger partial charge < -0.3 is 0 Å². The van der Waals surface area contributed by atoms with Gasteiger partial charge in [-0.1, -0.05) is 48.2 Å². The fourth-order valence-corrected chi connectivity index (χ4v) is 2.45. The Kier molecular flexibility index (Phi) is 5.32. The number of hydrogen-bond acceptors (Lipinski definition) is 2. The molecule has 0 fully saturated rings. The molecule has 0 atom stereocenters. The minimum absolute atomic E-state index is 1.34. The first-order valence-corrected chi connectivity index (χ1v) is 6.14. The van der Waals surface area contributed by atoms with Crippen LogP contribution in [0.25, 0.3) is 0 Å². The van der Waals surface area contributed by atoms with Crippen LogP contribution in [-0.2, 0) is 0 Å². The molecule has 0 aliphatic carbocycles. The lowest BCUT2D eigenvalue weighted by molar-refractivity contribution is 1.26.